The van der Waals surface area contributed by atoms with Gasteiger partial charge in [-0.15, -0.1) is 0 Å². The zero-order valence-electron chi connectivity index (χ0n) is 8.33. The maximum atomic E-state index is 12.0. The Balaban J connectivity index is 2.99. The monoisotopic (exact) mass is 312 g/mol. The summed E-state index contributed by atoms with van der Waals surface area (Å²) >= 11 is 3.11. The van der Waals surface area contributed by atoms with Gasteiger partial charge in [-0.2, -0.15) is 13.2 Å². The molecule has 1 aromatic rings. The van der Waals surface area contributed by atoms with Crippen LogP contribution in [-0.4, -0.2) is 23.8 Å². The molecule has 0 aliphatic heterocycles. The van der Waals surface area contributed by atoms with Crippen molar-refractivity contribution in [1.82, 2.24) is 0 Å². The van der Waals surface area contributed by atoms with E-state index in [1.165, 1.54) is 18.2 Å². The molecule has 0 atom stereocenters. The van der Waals surface area contributed by atoms with E-state index in [4.69, 9.17) is 10.9 Å². The summed E-state index contributed by atoms with van der Waals surface area (Å²) < 4.78 is 41.1. The van der Waals surface area contributed by atoms with Crippen LogP contribution in [0.4, 0.5) is 13.2 Å². The third-order valence-electron chi connectivity index (χ3n) is 1.72. The lowest BCUT2D eigenvalue weighted by molar-refractivity contribution is -0.153. The summed E-state index contributed by atoms with van der Waals surface area (Å²) in [5, 5.41) is 11.2. The highest BCUT2D eigenvalue weighted by Crippen LogP contribution is 2.25. The lowest BCUT2D eigenvalue weighted by atomic mass is 10.2. The molecule has 0 heterocycles. The van der Waals surface area contributed by atoms with E-state index in [0.29, 0.717) is 4.47 Å². The summed E-state index contributed by atoms with van der Waals surface area (Å²) in [6.07, 6.45) is -4.45. The predicted octanol–water partition coefficient (Wildman–Crippen LogP) is 2.48. The average Bonchev–Trinajstić information content (AvgIpc) is 2.25. The summed E-state index contributed by atoms with van der Waals surface area (Å²) in [6.45, 7) is -1.44. The molecule has 0 spiro atoms. The second kappa shape index (κ2) is 5.26. The normalized spacial score (nSPS) is 12.6. The largest absolute Gasteiger partial charge is 0.483 e. The molecule has 0 saturated heterocycles. The van der Waals surface area contributed by atoms with Gasteiger partial charge in [-0.05, 0) is 18.2 Å². The van der Waals surface area contributed by atoms with Crippen molar-refractivity contribution in [2.75, 3.05) is 6.61 Å². The Bertz CT molecular complexity index is 435. The maximum absolute atomic E-state index is 12.0. The van der Waals surface area contributed by atoms with Crippen LogP contribution in [0.3, 0.4) is 0 Å². The predicted molar refractivity (Wildman–Crippen MR) is 58.2 cm³/mol. The number of benzene rings is 1. The van der Waals surface area contributed by atoms with Crippen LogP contribution >= 0.6 is 15.9 Å². The molecule has 0 aliphatic carbocycles. The first-order valence-electron chi connectivity index (χ1n) is 4.30. The standard InChI is InChI=1S/C9H8BrF3N2O2/c10-5-1-2-7(17-4-9(11,12)13)6(3-5)8(14)15-16/h1-3,16H,4H2,(H2,14,15). The molecular weight excluding hydrogens is 305 g/mol. The number of ether oxygens (including phenoxy) is 1. The number of oxime groups is 1. The minimum absolute atomic E-state index is 0.0751. The molecule has 0 amide bonds. The van der Waals surface area contributed by atoms with Crippen LogP contribution < -0.4 is 10.5 Å². The number of hydrogen-bond donors (Lipinski definition) is 2. The number of nitrogens with zero attached hydrogens (tertiary/aromatic N) is 1. The van der Waals surface area contributed by atoms with Gasteiger partial charge in [0.1, 0.15) is 5.75 Å². The van der Waals surface area contributed by atoms with Crippen molar-refractivity contribution in [3.05, 3.63) is 28.2 Å². The first-order valence-corrected chi connectivity index (χ1v) is 5.10. The molecule has 8 heteroatoms. The van der Waals surface area contributed by atoms with Gasteiger partial charge >= 0.3 is 6.18 Å². The third-order valence-corrected chi connectivity index (χ3v) is 2.21. The minimum Gasteiger partial charge on any atom is -0.483 e. The Morgan fingerprint density at radius 3 is 2.65 bits per heavy atom. The Morgan fingerprint density at radius 1 is 1.47 bits per heavy atom. The minimum atomic E-state index is -4.45. The fourth-order valence-corrected chi connectivity index (χ4v) is 1.40. The third kappa shape index (κ3) is 4.14. The van der Waals surface area contributed by atoms with Crippen LogP contribution in [0.1, 0.15) is 5.56 Å². The molecule has 3 N–H and O–H groups in total. The maximum Gasteiger partial charge on any atom is 0.422 e. The van der Waals surface area contributed by atoms with Crippen LogP contribution in [0.25, 0.3) is 0 Å². The number of amidine groups is 1. The highest BCUT2D eigenvalue weighted by molar-refractivity contribution is 9.10. The van der Waals surface area contributed by atoms with Gasteiger partial charge in [0.2, 0.25) is 0 Å². The lowest BCUT2D eigenvalue weighted by Gasteiger charge is -2.12. The van der Waals surface area contributed by atoms with E-state index in [1.54, 1.807) is 0 Å². The van der Waals surface area contributed by atoms with Crippen molar-refractivity contribution in [2.24, 2.45) is 10.9 Å². The topological polar surface area (TPSA) is 67.8 Å². The van der Waals surface area contributed by atoms with E-state index < -0.39 is 12.8 Å². The summed E-state index contributed by atoms with van der Waals surface area (Å²) in [4.78, 5) is 0. The Morgan fingerprint density at radius 2 is 2.12 bits per heavy atom. The van der Waals surface area contributed by atoms with Crippen molar-refractivity contribution >= 4 is 21.8 Å². The molecule has 0 aromatic heterocycles. The fraction of sp³-hybridized carbons (Fsp3) is 0.222. The zero-order chi connectivity index (χ0) is 13.1. The van der Waals surface area contributed by atoms with Crippen LogP contribution in [-0.2, 0) is 0 Å². The highest BCUT2D eigenvalue weighted by Gasteiger charge is 2.29. The van der Waals surface area contributed by atoms with Crippen molar-refractivity contribution in [2.45, 2.75) is 6.18 Å². The van der Waals surface area contributed by atoms with Gasteiger partial charge in [-0.3, -0.25) is 0 Å². The van der Waals surface area contributed by atoms with Crippen LogP contribution in [0.5, 0.6) is 5.75 Å². The number of hydrogen-bond acceptors (Lipinski definition) is 3. The van der Waals surface area contributed by atoms with Gasteiger partial charge in [0, 0.05) is 4.47 Å². The van der Waals surface area contributed by atoms with Crippen molar-refractivity contribution in [3.8, 4) is 5.75 Å². The van der Waals surface area contributed by atoms with E-state index in [1.807, 2.05) is 0 Å². The SMILES string of the molecule is N/C(=N/O)c1cc(Br)ccc1OCC(F)(F)F. The van der Waals surface area contributed by atoms with Gasteiger partial charge in [-0.25, -0.2) is 0 Å². The number of alkyl halides is 3. The Hall–Kier alpha value is -1.44. The Kier molecular flexibility index (Phi) is 4.22. The second-order valence-corrected chi connectivity index (χ2v) is 3.95. The lowest BCUT2D eigenvalue weighted by Crippen LogP contribution is -2.21. The molecule has 17 heavy (non-hydrogen) atoms. The average molecular weight is 313 g/mol. The van der Waals surface area contributed by atoms with E-state index in [2.05, 4.69) is 25.8 Å². The van der Waals surface area contributed by atoms with Gasteiger partial charge < -0.3 is 15.7 Å². The van der Waals surface area contributed by atoms with E-state index in [9.17, 15) is 13.2 Å². The molecule has 1 rings (SSSR count). The molecule has 1 aromatic carbocycles. The van der Waals surface area contributed by atoms with Gasteiger partial charge in [0.05, 0.1) is 5.56 Å². The molecule has 4 nitrogen and oxygen atoms in total. The first kappa shape index (κ1) is 13.6. The van der Waals surface area contributed by atoms with Crippen molar-refractivity contribution in [3.63, 3.8) is 0 Å². The summed E-state index contributed by atoms with van der Waals surface area (Å²) in [6, 6.07) is 4.17. The van der Waals surface area contributed by atoms with Gasteiger partial charge in [0.15, 0.2) is 12.4 Å². The number of halogens is 4. The fourth-order valence-electron chi connectivity index (χ4n) is 1.04. The highest BCUT2D eigenvalue weighted by atomic mass is 79.9. The summed E-state index contributed by atoms with van der Waals surface area (Å²) in [5.41, 5.74) is 5.40. The van der Waals surface area contributed by atoms with Crippen LogP contribution in [0.15, 0.2) is 27.8 Å². The summed E-state index contributed by atoms with van der Waals surface area (Å²) in [5.74, 6) is -0.440. The summed E-state index contributed by atoms with van der Waals surface area (Å²) in [7, 11) is 0. The van der Waals surface area contributed by atoms with Crippen molar-refractivity contribution in [1.29, 1.82) is 0 Å². The van der Waals surface area contributed by atoms with Gasteiger partial charge in [0.25, 0.3) is 0 Å². The molecule has 0 bridgehead atoms. The molecule has 0 saturated carbocycles. The molecule has 0 unspecified atom stereocenters. The van der Waals surface area contributed by atoms with E-state index in [-0.39, 0.29) is 17.1 Å². The van der Waals surface area contributed by atoms with Crippen molar-refractivity contribution < 1.29 is 23.1 Å². The smallest absolute Gasteiger partial charge is 0.422 e. The first-order chi connectivity index (χ1) is 7.83. The van der Waals surface area contributed by atoms with E-state index in [0.717, 1.165) is 0 Å². The Labute approximate surface area is 103 Å². The number of rotatable bonds is 3. The van der Waals surface area contributed by atoms with E-state index >= 15 is 0 Å². The molecule has 0 aliphatic rings. The molecular formula is C9H8BrF3N2O2. The molecule has 0 radical (unpaired) electrons. The van der Waals surface area contributed by atoms with Crippen LogP contribution in [0, 0.1) is 0 Å². The zero-order valence-corrected chi connectivity index (χ0v) is 9.92. The van der Waals surface area contributed by atoms with Gasteiger partial charge in [-0.1, -0.05) is 21.1 Å². The molecule has 94 valence electrons. The number of nitrogens with two attached hydrogens (primary N) is 1. The molecule has 0 fully saturated rings. The second-order valence-electron chi connectivity index (χ2n) is 3.03. The van der Waals surface area contributed by atoms with Crippen LogP contribution in [0.2, 0.25) is 0 Å². The quantitative estimate of drug-likeness (QED) is 0.390.